The van der Waals surface area contributed by atoms with E-state index in [1.165, 1.54) is 19.3 Å². The van der Waals surface area contributed by atoms with Crippen LogP contribution in [0, 0.1) is 0 Å². The summed E-state index contributed by atoms with van der Waals surface area (Å²) >= 11 is 2.59. The fourth-order valence-electron chi connectivity index (χ4n) is 2.02. The van der Waals surface area contributed by atoms with Crippen LogP contribution in [0.15, 0.2) is 0 Å². The summed E-state index contributed by atoms with van der Waals surface area (Å²) in [5, 5.41) is 0. The number of hydrogen-bond acceptors (Lipinski definition) is 1. The molecule has 0 aromatic carbocycles. The van der Waals surface area contributed by atoms with Crippen LogP contribution in [0.1, 0.15) is 19.3 Å². The lowest BCUT2D eigenvalue weighted by Crippen LogP contribution is -2.58. The number of hydrogen-bond donors (Lipinski definition) is 0. The van der Waals surface area contributed by atoms with Crippen molar-refractivity contribution in [2.75, 3.05) is 7.05 Å². The predicted octanol–water partition coefficient (Wildman–Crippen LogP) is 1.66. The average molecular weight is 237 g/mol. The Morgan fingerprint density at radius 1 is 1.22 bits per heavy atom. The highest BCUT2D eigenvalue weighted by molar-refractivity contribution is 14.1. The number of alkyl halides is 1. The van der Waals surface area contributed by atoms with E-state index in [-0.39, 0.29) is 0 Å². The first-order valence-electron chi connectivity index (χ1n) is 3.63. The average Bonchev–Trinajstić information content (AvgIpc) is 1.87. The summed E-state index contributed by atoms with van der Waals surface area (Å²) in [5.41, 5.74) is 0. The van der Waals surface area contributed by atoms with E-state index in [9.17, 15) is 0 Å². The van der Waals surface area contributed by atoms with Crippen LogP contribution in [0.25, 0.3) is 0 Å². The molecule has 2 heteroatoms. The second-order valence-corrected chi connectivity index (χ2v) is 5.04. The molecule has 1 nitrogen and oxygen atoms in total. The second kappa shape index (κ2) is 2.09. The molecular weight excluding hydrogens is 225 g/mol. The third-order valence-corrected chi connectivity index (χ3v) is 3.77. The zero-order valence-electron chi connectivity index (χ0n) is 5.68. The van der Waals surface area contributed by atoms with Crippen molar-refractivity contribution < 1.29 is 0 Å². The fraction of sp³-hybridized carbons (Fsp3) is 1.00. The summed E-state index contributed by atoms with van der Waals surface area (Å²) in [6, 6.07) is 1.90. The first-order valence-corrected chi connectivity index (χ1v) is 4.88. The largest absolute Gasteiger partial charge is 0.300 e. The maximum atomic E-state index is 2.59. The Balaban J connectivity index is 2.01. The minimum atomic E-state index is 0.950. The first kappa shape index (κ1) is 6.40. The topological polar surface area (TPSA) is 3.24 Å². The molecule has 0 radical (unpaired) electrons. The number of rotatable bonds is 0. The van der Waals surface area contributed by atoms with Gasteiger partial charge in [0.25, 0.3) is 0 Å². The summed E-state index contributed by atoms with van der Waals surface area (Å²) in [4.78, 5) is 2.54. The molecule has 0 N–H and O–H groups in total. The standard InChI is InChI=1S/C7H12IN/c1-9-6-2-5(8)3-7(9)4-6/h5-7H,2-4H2,1H3. The minimum absolute atomic E-state index is 0.950. The van der Waals surface area contributed by atoms with E-state index >= 15 is 0 Å². The van der Waals surface area contributed by atoms with Crippen LogP contribution in [0.2, 0.25) is 0 Å². The quantitative estimate of drug-likeness (QED) is 0.457. The SMILES string of the molecule is CN1C2CC(I)CC1C2. The van der Waals surface area contributed by atoms with Crippen molar-refractivity contribution in [1.82, 2.24) is 4.90 Å². The zero-order valence-corrected chi connectivity index (χ0v) is 7.84. The molecule has 0 aromatic heterocycles. The van der Waals surface area contributed by atoms with Crippen molar-refractivity contribution in [2.45, 2.75) is 35.3 Å². The highest BCUT2D eigenvalue weighted by atomic mass is 127. The minimum Gasteiger partial charge on any atom is -0.300 e. The Labute approximate surface area is 69.9 Å². The van der Waals surface area contributed by atoms with E-state index in [1.807, 2.05) is 0 Å². The van der Waals surface area contributed by atoms with Gasteiger partial charge in [0.15, 0.2) is 0 Å². The molecule has 2 aliphatic heterocycles. The van der Waals surface area contributed by atoms with Gasteiger partial charge in [0.2, 0.25) is 0 Å². The lowest BCUT2D eigenvalue weighted by Gasteiger charge is -2.52. The predicted molar refractivity (Wildman–Crippen MR) is 47.0 cm³/mol. The first-order chi connectivity index (χ1) is 4.27. The summed E-state index contributed by atoms with van der Waals surface area (Å²) in [6.45, 7) is 0. The van der Waals surface area contributed by atoms with E-state index in [0.29, 0.717) is 0 Å². The molecule has 0 spiro atoms. The van der Waals surface area contributed by atoms with Crippen LogP contribution in [0.3, 0.4) is 0 Å². The number of nitrogens with zero attached hydrogens (tertiary/aromatic N) is 1. The third-order valence-electron chi connectivity index (χ3n) is 2.75. The fourth-order valence-corrected chi connectivity index (χ4v) is 3.19. The zero-order chi connectivity index (χ0) is 6.43. The molecule has 3 aliphatic rings. The van der Waals surface area contributed by atoms with Crippen molar-refractivity contribution >= 4 is 22.6 Å². The van der Waals surface area contributed by atoms with Gasteiger partial charge in [-0.1, -0.05) is 22.6 Å². The van der Waals surface area contributed by atoms with Crippen molar-refractivity contribution in [1.29, 1.82) is 0 Å². The molecular formula is C7H12IN. The van der Waals surface area contributed by atoms with Gasteiger partial charge in [-0.3, -0.25) is 0 Å². The van der Waals surface area contributed by atoms with Crippen LogP contribution in [0.4, 0.5) is 0 Å². The molecule has 0 aromatic rings. The van der Waals surface area contributed by atoms with Crippen molar-refractivity contribution in [3.05, 3.63) is 0 Å². The van der Waals surface area contributed by atoms with E-state index in [0.717, 1.165) is 16.0 Å². The summed E-state index contributed by atoms with van der Waals surface area (Å²) in [5.74, 6) is 0. The van der Waals surface area contributed by atoms with Gasteiger partial charge < -0.3 is 4.90 Å². The number of halogens is 1. The number of fused-ring (bicyclic) bond motifs is 2. The van der Waals surface area contributed by atoms with Crippen molar-refractivity contribution in [2.24, 2.45) is 0 Å². The highest BCUT2D eigenvalue weighted by Gasteiger charge is 2.41. The molecule has 2 saturated heterocycles. The maximum absolute atomic E-state index is 2.59. The Morgan fingerprint density at radius 3 is 2.11 bits per heavy atom. The Morgan fingerprint density at radius 2 is 1.78 bits per heavy atom. The Hall–Kier alpha value is 0.690. The molecule has 2 unspecified atom stereocenters. The molecule has 3 rings (SSSR count). The van der Waals surface area contributed by atoms with Crippen molar-refractivity contribution in [3.8, 4) is 0 Å². The normalized spacial score (nSPS) is 50.7. The summed E-state index contributed by atoms with van der Waals surface area (Å²) in [6.07, 6.45) is 4.36. The Kier molecular flexibility index (Phi) is 1.49. The molecule has 0 amide bonds. The second-order valence-electron chi connectivity index (χ2n) is 3.28. The van der Waals surface area contributed by atoms with Crippen LogP contribution in [0.5, 0.6) is 0 Å². The third kappa shape index (κ3) is 0.909. The van der Waals surface area contributed by atoms with Crippen LogP contribution in [-0.4, -0.2) is 28.0 Å². The van der Waals surface area contributed by atoms with Gasteiger partial charge in [-0.25, -0.2) is 0 Å². The smallest absolute Gasteiger partial charge is 0.0139 e. The molecule has 2 bridgehead atoms. The van der Waals surface area contributed by atoms with Crippen LogP contribution >= 0.6 is 22.6 Å². The van der Waals surface area contributed by atoms with Gasteiger partial charge in [0, 0.05) is 16.0 Å². The molecule has 9 heavy (non-hydrogen) atoms. The highest BCUT2D eigenvalue weighted by Crippen LogP contribution is 2.39. The maximum Gasteiger partial charge on any atom is 0.0139 e. The summed E-state index contributed by atoms with van der Waals surface area (Å²) in [7, 11) is 2.27. The van der Waals surface area contributed by atoms with Crippen molar-refractivity contribution in [3.63, 3.8) is 0 Å². The van der Waals surface area contributed by atoms with E-state index < -0.39 is 0 Å². The van der Waals surface area contributed by atoms with Crippen LogP contribution < -0.4 is 0 Å². The monoisotopic (exact) mass is 237 g/mol. The van der Waals surface area contributed by atoms with E-state index in [2.05, 4.69) is 34.5 Å². The number of piperidine rings is 1. The van der Waals surface area contributed by atoms with Gasteiger partial charge in [0.1, 0.15) is 0 Å². The molecule has 2 atom stereocenters. The molecule has 3 fully saturated rings. The molecule has 2 heterocycles. The molecule has 1 aliphatic carbocycles. The van der Waals surface area contributed by atoms with Crippen LogP contribution in [-0.2, 0) is 0 Å². The van der Waals surface area contributed by atoms with Gasteiger partial charge in [-0.15, -0.1) is 0 Å². The summed E-state index contributed by atoms with van der Waals surface area (Å²) < 4.78 is 0.975. The van der Waals surface area contributed by atoms with Gasteiger partial charge >= 0.3 is 0 Å². The Bertz CT molecular complexity index is 114. The lowest BCUT2D eigenvalue weighted by atomic mass is 9.80. The molecule has 52 valence electrons. The van der Waals surface area contributed by atoms with Gasteiger partial charge in [-0.05, 0) is 26.3 Å². The van der Waals surface area contributed by atoms with E-state index in [4.69, 9.17) is 0 Å². The van der Waals surface area contributed by atoms with Gasteiger partial charge in [0.05, 0.1) is 0 Å². The van der Waals surface area contributed by atoms with Gasteiger partial charge in [-0.2, -0.15) is 0 Å². The lowest BCUT2D eigenvalue weighted by molar-refractivity contribution is 0.00344. The molecule has 1 saturated carbocycles. The van der Waals surface area contributed by atoms with E-state index in [1.54, 1.807) is 0 Å².